The zero-order valence-electron chi connectivity index (χ0n) is 20.3. The maximum absolute atomic E-state index is 13.7. The van der Waals surface area contributed by atoms with Crippen LogP contribution in [0.5, 0.6) is 11.8 Å². The van der Waals surface area contributed by atoms with Gasteiger partial charge in [-0.2, -0.15) is 4.31 Å². The Morgan fingerprint density at radius 3 is 2.74 bits per heavy atom. The van der Waals surface area contributed by atoms with Crippen molar-refractivity contribution in [3.8, 4) is 22.9 Å². The van der Waals surface area contributed by atoms with Gasteiger partial charge in [0.1, 0.15) is 29.0 Å². The van der Waals surface area contributed by atoms with Crippen LogP contribution >= 0.6 is 11.6 Å². The number of fused-ring (bicyclic) bond motifs is 1. The first-order chi connectivity index (χ1) is 18.3. The van der Waals surface area contributed by atoms with Crippen LogP contribution in [0.1, 0.15) is 10.5 Å². The maximum atomic E-state index is 13.7. The molecule has 0 saturated carbocycles. The molecule has 0 bridgehead atoms. The Morgan fingerprint density at radius 1 is 1.21 bits per heavy atom. The van der Waals surface area contributed by atoms with Gasteiger partial charge in [-0.3, -0.25) is 4.79 Å². The van der Waals surface area contributed by atoms with E-state index in [-0.39, 0.29) is 42.9 Å². The molecular weight excluding hydrogens is 534 g/mol. The van der Waals surface area contributed by atoms with E-state index < -0.39 is 22.0 Å². The van der Waals surface area contributed by atoms with Crippen molar-refractivity contribution >= 4 is 38.4 Å². The normalized spacial score (nSPS) is 16.4. The maximum Gasteiger partial charge on any atom is 0.316 e. The molecule has 1 fully saturated rings. The Morgan fingerprint density at radius 2 is 2.00 bits per heavy atom. The number of primary amides is 1. The van der Waals surface area contributed by atoms with Gasteiger partial charge in [-0.25, -0.2) is 18.4 Å². The number of hydrogen-bond acceptors (Lipinski definition) is 8. The number of amides is 1. The van der Waals surface area contributed by atoms with Gasteiger partial charge in [0.05, 0.1) is 13.7 Å². The third-order valence-electron chi connectivity index (χ3n) is 6.07. The van der Waals surface area contributed by atoms with Crippen LogP contribution in [0, 0.1) is 0 Å². The third kappa shape index (κ3) is 5.16. The molecule has 3 N–H and O–H groups in total. The summed E-state index contributed by atoms with van der Waals surface area (Å²) in [5, 5.41) is 0.630. The number of halogens is 1. The molecule has 38 heavy (non-hydrogen) atoms. The van der Waals surface area contributed by atoms with Crippen LogP contribution in [0.4, 0.5) is 0 Å². The summed E-state index contributed by atoms with van der Waals surface area (Å²) in [4.78, 5) is 23.0. The number of carbonyl (C=O) groups is 1. The van der Waals surface area contributed by atoms with Gasteiger partial charge in [-0.05, 0) is 35.9 Å². The molecule has 0 spiro atoms. The van der Waals surface area contributed by atoms with Crippen LogP contribution in [-0.2, 0) is 14.8 Å². The van der Waals surface area contributed by atoms with Crippen LogP contribution in [-0.4, -0.2) is 73.1 Å². The van der Waals surface area contributed by atoms with Gasteiger partial charge in [-0.1, -0.05) is 23.7 Å². The number of carbonyl (C=O) groups excluding carboxylic acids is 1. The van der Waals surface area contributed by atoms with E-state index in [1.54, 1.807) is 30.6 Å². The predicted octanol–water partition coefficient (Wildman–Crippen LogP) is 2.85. The highest BCUT2D eigenvalue weighted by Crippen LogP contribution is 2.32. The fraction of sp³-hybridized carbons (Fsp3) is 0.240. The topological polar surface area (TPSA) is 150 Å². The number of methoxy groups -OCH3 is 1. The molecule has 1 aliphatic heterocycles. The van der Waals surface area contributed by atoms with Gasteiger partial charge < -0.3 is 24.9 Å². The van der Waals surface area contributed by atoms with E-state index in [4.69, 9.17) is 31.5 Å². The van der Waals surface area contributed by atoms with Crippen LogP contribution in [0.25, 0.3) is 22.0 Å². The number of benzene rings is 2. The number of nitrogens with two attached hydrogens (primary N) is 1. The van der Waals surface area contributed by atoms with Gasteiger partial charge in [0, 0.05) is 47.0 Å². The number of morpholine rings is 1. The number of nitrogens with one attached hydrogen (secondary N) is 1. The van der Waals surface area contributed by atoms with Crippen molar-refractivity contribution in [3.05, 3.63) is 65.6 Å². The summed E-state index contributed by atoms with van der Waals surface area (Å²) in [5.41, 5.74) is 7.38. The molecule has 198 valence electrons. The van der Waals surface area contributed by atoms with Gasteiger partial charge in [0.25, 0.3) is 5.91 Å². The summed E-state index contributed by atoms with van der Waals surface area (Å²) >= 11 is 6.11. The molecule has 1 saturated heterocycles. The summed E-state index contributed by atoms with van der Waals surface area (Å²) in [6.45, 7) is 0.402. The standard InChI is InChI=1S/C25H24ClN5O6S/c1-35-25-28-11-16(12-29-25)15-3-2-4-18(9-15)37-14-19-13-31(7-8-36-19)38(33,34)23-20-10-17(26)5-6-21(20)30-22(23)24(27)32/h2-6,9-12,19,30H,7-8,13-14H2,1H3,(H2,27,32). The molecule has 11 nitrogen and oxygen atoms in total. The molecule has 2 aromatic heterocycles. The Hall–Kier alpha value is -3.71. The predicted molar refractivity (Wildman–Crippen MR) is 140 cm³/mol. The first kappa shape index (κ1) is 25.9. The van der Waals surface area contributed by atoms with Crippen LogP contribution in [0.3, 0.4) is 0 Å². The lowest BCUT2D eigenvalue weighted by Crippen LogP contribution is -2.47. The van der Waals surface area contributed by atoms with Gasteiger partial charge in [0.2, 0.25) is 10.0 Å². The van der Waals surface area contributed by atoms with Crippen LogP contribution in [0.2, 0.25) is 5.02 Å². The minimum atomic E-state index is -4.12. The molecule has 0 radical (unpaired) electrons. The second-order valence-corrected chi connectivity index (χ2v) is 10.8. The average Bonchev–Trinajstić information content (AvgIpc) is 3.32. The number of nitrogens with zero attached hydrogens (tertiary/aromatic N) is 3. The quantitative estimate of drug-likeness (QED) is 0.336. The molecular formula is C25H24ClN5O6S. The summed E-state index contributed by atoms with van der Waals surface area (Å²) in [6, 6.07) is 12.3. The zero-order chi connectivity index (χ0) is 26.9. The number of H-pyrrole nitrogens is 1. The van der Waals surface area contributed by atoms with Crippen LogP contribution in [0.15, 0.2) is 59.8 Å². The van der Waals surface area contributed by atoms with E-state index in [1.165, 1.54) is 17.5 Å². The molecule has 2 aromatic carbocycles. The highest BCUT2D eigenvalue weighted by atomic mass is 35.5. The smallest absolute Gasteiger partial charge is 0.316 e. The Balaban J connectivity index is 1.33. The minimum Gasteiger partial charge on any atom is -0.491 e. The molecule has 0 aliphatic carbocycles. The molecule has 1 amide bonds. The third-order valence-corrected chi connectivity index (χ3v) is 8.26. The summed E-state index contributed by atoms with van der Waals surface area (Å²) in [5.74, 6) is -0.310. The molecule has 3 heterocycles. The molecule has 13 heteroatoms. The van der Waals surface area contributed by atoms with Crippen molar-refractivity contribution in [2.75, 3.05) is 33.4 Å². The van der Waals surface area contributed by atoms with Crippen molar-refractivity contribution in [2.45, 2.75) is 11.0 Å². The fourth-order valence-corrected chi connectivity index (χ4v) is 6.21. The number of ether oxygens (including phenoxy) is 3. The van der Waals surface area contributed by atoms with E-state index in [1.807, 2.05) is 18.2 Å². The summed E-state index contributed by atoms with van der Waals surface area (Å²) < 4.78 is 45.4. The second kappa shape index (κ2) is 10.6. The summed E-state index contributed by atoms with van der Waals surface area (Å²) in [6.07, 6.45) is 2.75. The Bertz CT molecular complexity index is 1590. The van der Waals surface area contributed by atoms with E-state index in [2.05, 4.69) is 15.0 Å². The second-order valence-electron chi connectivity index (χ2n) is 8.54. The van der Waals surface area contributed by atoms with Crippen molar-refractivity contribution in [2.24, 2.45) is 5.73 Å². The lowest BCUT2D eigenvalue weighted by molar-refractivity contribution is -0.0249. The van der Waals surface area contributed by atoms with E-state index >= 15 is 0 Å². The van der Waals surface area contributed by atoms with E-state index in [0.717, 1.165) is 11.1 Å². The minimum absolute atomic E-state index is 0.0276. The molecule has 4 aromatic rings. The highest BCUT2D eigenvalue weighted by molar-refractivity contribution is 7.89. The van der Waals surface area contributed by atoms with Gasteiger partial charge in [-0.15, -0.1) is 0 Å². The molecule has 1 atom stereocenters. The molecule has 5 rings (SSSR count). The van der Waals surface area contributed by atoms with Crippen molar-refractivity contribution in [3.63, 3.8) is 0 Å². The number of sulfonamides is 1. The average molecular weight is 558 g/mol. The van der Waals surface area contributed by atoms with Gasteiger partial charge >= 0.3 is 6.01 Å². The molecule has 1 aliphatic rings. The van der Waals surface area contributed by atoms with Crippen molar-refractivity contribution in [1.29, 1.82) is 0 Å². The van der Waals surface area contributed by atoms with Crippen LogP contribution < -0.4 is 15.2 Å². The highest BCUT2D eigenvalue weighted by Gasteiger charge is 2.36. The van der Waals surface area contributed by atoms with Gasteiger partial charge in [0.15, 0.2) is 0 Å². The Kier molecular flexibility index (Phi) is 7.21. The molecule has 1 unspecified atom stereocenters. The lowest BCUT2D eigenvalue weighted by atomic mass is 10.1. The largest absolute Gasteiger partial charge is 0.491 e. The number of aromatic amines is 1. The Labute approximate surface area is 223 Å². The number of rotatable bonds is 8. The SMILES string of the molecule is COc1ncc(-c2cccc(OCC3CN(S(=O)(=O)c4c(C(N)=O)[nH]c5ccc(Cl)cc45)CCO3)c2)cn1. The monoisotopic (exact) mass is 557 g/mol. The first-order valence-electron chi connectivity index (χ1n) is 11.6. The first-order valence-corrected chi connectivity index (χ1v) is 13.4. The summed E-state index contributed by atoms with van der Waals surface area (Å²) in [7, 11) is -2.62. The zero-order valence-corrected chi connectivity index (χ0v) is 21.8. The number of hydrogen-bond donors (Lipinski definition) is 2. The van der Waals surface area contributed by atoms with E-state index in [0.29, 0.717) is 21.7 Å². The van der Waals surface area contributed by atoms with Crippen molar-refractivity contribution in [1.82, 2.24) is 19.3 Å². The van der Waals surface area contributed by atoms with E-state index in [9.17, 15) is 13.2 Å². The van der Waals surface area contributed by atoms with Crippen molar-refractivity contribution < 1.29 is 27.4 Å². The lowest BCUT2D eigenvalue weighted by Gasteiger charge is -2.32. The fourth-order valence-electron chi connectivity index (χ4n) is 4.25. The number of aromatic nitrogens is 3.